The van der Waals surface area contributed by atoms with E-state index < -0.39 is 0 Å². The summed E-state index contributed by atoms with van der Waals surface area (Å²) in [6, 6.07) is 0. The Morgan fingerprint density at radius 1 is 0.778 bits per heavy atom. The Hall–Kier alpha value is -0.780. The third-order valence-electron chi connectivity index (χ3n) is 4.53. The number of hydrogen-bond acceptors (Lipinski definition) is 0. The Balaban J connectivity index is 1.93. The van der Waals surface area contributed by atoms with E-state index in [1.54, 1.807) is 11.1 Å². The summed E-state index contributed by atoms with van der Waals surface area (Å²) in [7, 11) is 0. The first kappa shape index (κ1) is 13.6. The molecule has 2 aliphatic rings. The molecule has 0 fully saturated rings. The van der Waals surface area contributed by atoms with Gasteiger partial charge in [0.25, 0.3) is 0 Å². The average molecular weight is 244 g/mol. The van der Waals surface area contributed by atoms with Crippen LogP contribution in [-0.4, -0.2) is 0 Å². The van der Waals surface area contributed by atoms with E-state index in [-0.39, 0.29) is 0 Å². The van der Waals surface area contributed by atoms with Gasteiger partial charge in [-0.2, -0.15) is 0 Å². The van der Waals surface area contributed by atoms with Gasteiger partial charge < -0.3 is 0 Å². The molecule has 100 valence electrons. The molecule has 0 spiro atoms. The van der Waals surface area contributed by atoms with Gasteiger partial charge >= 0.3 is 0 Å². The van der Waals surface area contributed by atoms with Crippen LogP contribution in [0.5, 0.6) is 0 Å². The molecule has 0 bridgehead atoms. The van der Waals surface area contributed by atoms with E-state index in [4.69, 9.17) is 0 Å². The first-order valence-corrected chi connectivity index (χ1v) is 7.43. The van der Waals surface area contributed by atoms with Gasteiger partial charge in [0, 0.05) is 0 Å². The van der Waals surface area contributed by atoms with E-state index in [2.05, 4.69) is 52.0 Å². The van der Waals surface area contributed by atoms with Crippen molar-refractivity contribution in [2.45, 2.75) is 66.2 Å². The molecule has 0 aromatic rings. The fourth-order valence-corrected chi connectivity index (χ4v) is 2.71. The molecule has 2 rings (SSSR count). The van der Waals surface area contributed by atoms with Crippen LogP contribution in [0.1, 0.15) is 66.2 Å². The van der Waals surface area contributed by atoms with Gasteiger partial charge in [0.2, 0.25) is 0 Å². The summed E-state index contributed by atoms with van der Waals surface area (Å²) in [6.45, 7) is 9.48. The third-order valence-corrected chi connectivity index (χ3v) is 4.53. The molecule has 0 nitrogen and oxygen atoms in total. The van der Waals surface area contributed by atoms with E-state index >= 15 is 0 Å². The number of rotatable bonds is 2. The Morgan fingerprint density at radius 2 is 1.17 bits per heavy atom. The van der Waals surface area contributed by atoms with Crippen LogP contribution in [0.4, 0.5) is 0 Å². The van der Waals surface area contributed by atoms with Crippen LogP contribution in [-0.2, 0) is 0 Å². The second kappa shape index (κ2) is 5.07. The van der Waals surface area contributed by atoms with Crippen molar-refractivity contribution in [2.24, 2.45) is 10.8 Å². The first-order chi connectivity index (χ1) is 8.36. The molecule has 0 radical (unpaired) electrons. The largest absolute Gasteiger partial charge is 0.0808 e. The fourth-order valence-electron chi connectivity index (χ4n) is 2.71. The number of hydrogen-bond donors (Lipinski definition) is 0. The Bertz CT molecular complexity index is 350. The lowest BCUT2D eigenvalue weighted by Crippen LogP contribution is -2.14. The van der Waals surface area contributed by atoms with Crippen molar-refractivity contribution in [2.75, 3.05) is 0 Å². The Kier molecular flexibility index (Phi) is 3.84. The lowest BCUT2D eigenvalue weighted by molar-refractivity contribution is 0.325. The van der Waals surface area contributed by atoms with Crippen LogP contribution >= 0.6 is 0 Å². The molecule has 2 aliphatic carbocycles. The predicted octanol–water partition coefficient (Wildman–Crippen LogP) is 5.82. The Labute approximate surface area is 113 Å². The highest BCUT2D eigenvalue weighted by molar-refractivity contribution is 5.30. The van der Waals surface area contributed by atoms with E-state index in [1.807, 2.05) is 0 Å². The summed E-state index contributed by atoms with van der Waals surface area (Å²) in [4.78, 5) is 0. The lowest BCUT2D eigenvalue weighted by Gasteiger charge is -2.28. The maximum absolute atomic E-state index is 2.44. The molecule has 0 aromatic heterocycles. The van der Waals surface area contributed by atoms with Crippen LogP contribution in [0.2, 0.25) is 0 Å². The first-order valence-electron chi connectivity index (χ1n) is 7.43. The summed E-state index contributed by atoms with van der Waals surface area (Å²) in [5.74, 6) is 0. The molecular formula is C18H28. The molecule has 0 amide bonds. The normalized spacial score (nSPS) is 26.9. The van der Waals surface area contributed by atoms with Gasteiger partial charge in [-0.05, 0) is 49.4 Å². The van der Waals surface area contributed by atoms with Gasteiger partial charge in [-0.1, -0.05) is 63.1 Å². The fraction of sp³-hybridized carbons (Fsp3) is 0.667. The van der Waals surface area contributed by atoms with Gasteiger partial charge in [0.1, 0.15) is 0 Å². The molecule has 0 aliphatic heterocycles. The smallest absolute Gasteiger partial charge is 0.0277 e. The molecule has 0 N–H and O–H groups in total. The van der Waals surface area contributed by atoms with Crippen molar-refractivity contribution in [3.8, 4) is 0 Å². The van der Waals surface area contributed by atoms with Crippen molar-refractivity contribution in [3.05, 3.63) is 35.5 Å². The molecule has 0 saturated heterocycles. The molecule has 0 unspecified atom stereocenters. The zero-order valence-electron chi connectivity index (χ0n) is 12.6. The second-order valence-electron chi connectivity index (χ2n) is 7.63. The van der Waals surface area contributed by atoms with Gasteiger partial charge in [-0.25, -0.2) is 0 Å². The minimum atomic E-state index is 0.519. The summed E-state index contributed by atoms with van der Waals surface area (Å²) < 4.78 is 0. The van der Waals surface area contributed by atoms with Crippen molar-refractivity contribution in [1.29, 1.82) is 0 Å². The number of allylic oxidation sites excluding steroid dienone is 6. The molecule has 0 heterocycles. The molecular weight excluding hydrogens is 216 g/mol. The molecule has 0 atom stereocenters. The summed E-state index contributed by atoms with van der Waals surface area (Å²) in [5.41, 5.74) is 4.12. The van der Waals surface area contributed by atoms with Gasteiger partial charge in [-0.15, -0.1) is 0 Å². The average Bonchev–Trinajstić information content (AvgIpc) is 2.29. The topological polar surface area (TPSA) is 0 Å². The van der Waals surface area contributed by atoms with E-state index in [0.717, 1.165) is 0 Å². The van der Waals surface area contributed by atoms with Crippen LogP contribution in [0.15, 0.2) is 35.5 Å². The second-order valence-corrected chi connectivity index (χ2v) is 7.63. The highest BCUT2D eigenvalue weighted by Gasteiger charge is 2.21. The molecule has 0 heteroatoms. The highest BCUT2D eigenvalue weighted by atomic mass is 14.3. The summed E-state index contributed by atoms with van der Waals surface area (Å²) in [5, 5.41) is 0. The van der Waals surface area contributed by atoms with Crippen LogP contribution < -0.4 is 0 Å². The highest BCUT2D eigenvalue weighted by Crippen LogP contribution is 2.36. The zero-order chi connectivity index (χ0) is 13.2. The Morgan fingerprint density at radius 3 is 1.44 bits per heavy atom. The van der Waals surface area contributed by atoms with E-state index in [0.29, 0.717) is 10.8 Å². The van der Waals surface area contributed by atoms with Crippen molar-refractivity contribution in [1.82, 2.24) is 0 Å². The lowest BCUT2D eigenvalue weighted by atomic mass is 9.77. The quantitative estimate of drug-likeness (QED) is 0.574. The van der Waals surface area contributed by atoms with Crippen molar-refractivity contribution < 1.29 is 0 Å². The molecule has 0 aromatic carbocycles. The maximum Gasteiger partial charge on any atom is -0.0277 e. The van der Waals surface area contributed by atoms with Crippen molar-refractivity contribution in [3.63, 3.8) is 0 Å². The van der Waals surface area contributed by atoms with Crippen molar-refractivity contribution >= 4 is 0 Å². The SMILES string of the molecule is CC1(C)CC=C(/C=C/C2=CCC(C)(C)CC2)CC1. The molecule has 0 saturated carbocycles. The summed E-state index contributed by atoms with van der Waals surface area (Å²) >= 11 is 0. The standard InChI is InChI=1S/C18H28/c1-17(2)11-7-15(8-12-17)5-6-16-9-13-18(3,4)14-10-16/h5-7,9H,8,10-14H2,1-4H3/b6-5+. The predicted molar refractivity (Wildman–Crippen MR) is 80.6 cm³/mol. The van der Waals surface area contributed by atoms with Crippen LogP contribution in [0.3, 0.4) is 0 Å². The van der Waals surface area contributed by atoms with Gasteiger partial charge in [0.15, 0.2) is 0 Å². The van der Waals surface area contributed by atoms with Gasteiger partial charge in [0.05, 0.1) is 0 Å². The minimum absolute atomic E-state index is 0.519. The van der Waals surface area contributed by atoms with E-state index in [9.17, 15) is 0 Å². The zero-order valence-corrected chi connectivity index (χ0v) is 12.6. The minimum Gasteiger partial charge on any atom is -0.0808 e. The maximum atomic E-state index is 2.44. The third kappa shape index (κ3) is 3.86. The molecule has 18 heavy (non-hydrogen) atoms. The van der Waals surface area contributed by atoms with Crippen LogP contribution in [0, 0.1) is 10.8 Å². The van der Waals surface area contributed by atoms with E-state index in [1.165, 1.54) is 38.5 Å². The monoisotopic (exact) mass is 244 g/mol. The summed E-state index contributed by atoms with van der Waals surface area (Å²) in [6.07, 6.45) is 17.2. The van der Waals surface area contributed by atoms with Crippen LogP contribution in [0.25, 0.3) is 0 Å². The van der Waals surface area contributed by atoms with Gasteiger partial charge in [-0.3, -0.25) is 0 Å².